The molecule has 1 aromatic carbocycles. The normalized spacial score (nSPS) is 10.8. The zero-order chi connectivity index (χ0) is 17.0. The molecule has 0 saturated heterocycles. The summed E-state index contributed by atoms with van der Waals surface area (Å²) in [5.41, 5.74) is 2.33. The Balaban J connectivity index is 2.21. The summed E-state index contributed by atoms with van der Waals surface area (Å²) in [6.07, 6.45) is 1.71. The Hall–Kier alpha value is -2.63. The Kier molecular flexibility index (Phi) is 5.16. The third-order valence-corrected chi connectivity index (χ3v) is 3.39. The predicted octanol–water partition coefficient (Wildman–Crippen LogP) is 2.36. The fourth-order valence-electron chi connectivity index (χ4n) is 2.39. The van der Waals surface area contributed by atoms with Gasteiger partial charge in [0, 0.05) is 24.0 Å². The molecule has 2 aromatic rings. The summed E-state index contributed by atoms with van der Waals surface area (Å²) in [5, 5.41) is 13.2. The van der Waals surface area contributed by atoms with Crippen LogP contribution in [0.25, 0.3) is 5.69 Å². The molecular weight excluding hydrogens is 294 g/mol. The van der Waals surface area contributed by atoms with E-state index in [1.165, 1.54) is 4.90 Å². The highest BCUT2D eigenvalue weighted by molar-refractivity contribution is 5.96. The van der Waals surface area contributed by atoms with Gasteiger partial charge in [0.25, 0.3) is 5.91 Å². The smallest absolute Gasteiger partial charge is 0.323 e. The number of carboxylic acids is 1. The lowest BCUT2D eigenvalue weighted by Gasteiger charge is -2.22. The molecule has 0 spiro atoms. The number of carbonyl (C=O) groups excluding carboxylic acids is 1. The second-order valence-electron chi connectivity index (χ2n) is 5.90. The van der Waals surface area contributed by atoms with Gasteiger partial charge in [-0.3, -0.25) is 9.59 Å². The van der Waals surface area contributed by atoms with Crippen molar-refractivity contribution in [3.8, 4) is 5.69 Å². The first-order valence-electron chi connectivity index (χ1n) is 7.50. The Morgan fingerprint density at radius 2 is 1.87 bits per heavy atom. The van der Waals surface area contributed by atoms with Crippen LogP contribution in [0, 0.1) is 12.8 Å². The molecule has 6 heteroatoms. The number of aliphatic carboxylic acids is 1. The van der Waals surface area contributed by atoms with Gasteiger partial charge < -0.3 is 10.0 Å². The number of hydrogen-bond donors (Lipinski definition) is 1. The molecule has 0 radical (unpaired) electrons. The second kappa shape index (κ2) is 7.09. The summed E-state index contributed by atoms with van der Waals surface area (Å²) in [4.78, 5) is 24.9. The number of aryl methyl sites for hydroxylation is 1. The second-order valence-corrected chi connectivity index (χ2v) is 5.90. The lowest BCUT2D eigenvalue weighted by Crippen LogP contribution is -2.38. The summed E-state index contributed by atoms with van der Waals surface area (Å²) in [6, 6.07) is 8.92. The Morgan fingerprint density at radius 3 is 2.35 bits per heavy atom. The van der Waals surface area contributed by atoms with Crippen LogP contribution in [0.5, 0.6) is 0 Å². The van der Waals surface area contributed by atoms with Gasteiger partial charge in [0.2, 0.25) is 0 Å². The van der Waals surface area contributed by atoms with Crippen molar-refractivity contribution in [3.63, 3.8) is 0 Å². The Bertz CT molecular complexity index is 689. The zero-order valence-electron chi connectivity index (χ0n) is 13.6. The SMILES string of the molecule is Cc1ccnn1-c1ccc(C(=O)N(CC(=O)O)CC(C)C)cc1. The lowest BCUT2D eigenvalue weighted by molar-refractivity contribution is -0.137. The largest absolute Gasteiger partial charge is 0.480 e. The van der Waals surface area contributed by atoms with Crippen molar-refractivity contribution >= 4 is 11.9 Å². The van der Waals surface area contributed by atoms with E-state index < -0.39 is 5.97 Å². The van der Waals surface area contributed by atoms with Crippen molar-refractivity contribution in [3.05, 3.63) is 47.8 Å². The number of carbonyl (C=O) groups is 2. The van der Waals surface area contributed by atoms with E-state index in [-0.39, 0.29) is 18.4 Å². The standard InChI is InChI=1S/C17H21N3O3/c1-12(2)10-19(11-16(21)22)17(23)14-4-6-15(7-5-14)20-13(3)8-9-18-20/h4-9,12H,10-11H2,1-3H3,(H,21,22). The average molecular weight is 315 g/mol. The molecule has 2 rings (SSSR count). The van der Waals surface area contributed by atoms with E-state index in [2.05, 4.69) is 5.10 Å². The van der Waals surface area contributed by atoms with Gasteiger partial charge >= 0.3 is 5.97 Å². The van der Waals surface area contributed by atoms with Crippen molar-refractivity contribution in [2.24, 2.45) is 5.92 Å². The van der Waals surface area contributed by atoms with Gasteiger partial charge in [-0.05, 0) is 43.2 Å². The van der Waals surface area contributed by atoms with Gasteiger partial charge in [-0.15, -0.1) is 0 Å². The summed E-state index contributed by atoms with van der Waals surface area (Å²) in [6.45, 7) is 5.96. The molecule has 0 aliphatic rings. The maximum Gasteiger partial charge on any atom is 0.323 e. The van der Waals surface area contributed by atoms with Crippen molar-refractivity contribution < 1.29 is 14.7 Å². The van der Waals surface area contributed by atoms with Crippen LogP contribution >= 0.6 is 0 Å². The Morgan fingerprint density at radius 1 is 1.22 bits per heavy atom. The van der Waals surface area contributed by atoms with Gasteiger partial charge in [0.15, 0.2) is 0 Å². The average Bonchev–Trinajstić information content (AvgIpc) is 2.91. The van der Waals surface area contributed by atoms with Crippen molar-refractivity contribution in [2.45, 2.75) is 20.8 Å². The van der Waals surface area contributed by atoms with Crippen LogP contribution < -0.4 is 0 Å². The topological polar surface area (TPSA) is 75.4 Å². The summed E-state index contributed by atoms with van der Waals surface area (Å²) in [5.74, 6) is -1.09. The molecule has 0 aliphatic carbocycles. The van der Waals surface area contributed by atoms with Crippen LogP contribution in [-0.4, -0.2) is 44.8 Å². The minimum atomic E-state index is -1.01. The van der Waals surface area contributed by atoms with Gasteiger partial charge in [0.05, 0.1) is 5.69 Å². The maximum absolute atomic E-state index is 12.5. The van der Waals surface area contributed by atoms with Gasteiger partial charge in [-0.1, -0.05) is 13.8 Å². The third kappa shape index (κ3) is 4.18. The van der Waals surface area contributed by atoms with E-state index in [4.69, 9.17) is 5.11 Å². The molecule has 0 atom stereocenters. The number of rotatable bonds is 6. The molecule has 0 fully saturated rings. The van der Waals surface area contributed by atoms with Crippen molar-refractivity contribution in [1.29, 1.82) is 0 Å². The first-order chi connectivity index (χ1) is 10.9. The summed E-state index contributed by atoms with van der Waals surface area (Å²) >= 11 is 0. The zero-order valence-corrected chi connectivity index (χ0v) is 13.6. The van der Waals surface area contributed by atoms with Gasteiger partial charge in [-0.25, -0.2) is 4.68 Å². The van der Waals surface area contributed by atoms with E-state index in [1.54, 1.807) is 23.0 Å². The van der Waals surface area contributed by atoms with Crippen molar-refractivity contribution in [1.82, 2.24) is 14.7 Å². The van der Waals surface area contributed by atoms with E-state index in [0.717, 1.165) is 11.4 Å². The maximum atomic E-state index is 12.5. The fourth-order valence-corrected chi connectivity index (χ4v) is 2.39. The van der Waals surface area contributed by atoms with E-state index in [0.29, 0.717) is 12.1 Å². The molecule has 122 valence electrons. The molecule has 0 bridgehead atoms. The predicted molar refractivity (Wildman–Crippen MR) is 86.7 cm³/mol. The molecule has 1 amide bonds. The third-order valence-electron chi connectivity index (χ3n) is 3.39. The number of amides is 1. The molecule has 6 nitrogen and oxygen atoms in total. The van der Waals surface area contributed by atoms with Crippen LogP contribution in [0.4, 0.5) is 0 Å². The minimum Gasteiger partial charge on any atom is -0.480 e. The van der Waals surface area contributed by atoms with E-state index in [9.17, 15) is 9.59 Å². The number of nitrogens with zero attached hydrogens (tertiary/aromatic N) is 3. The fraction of sp³-hybridized carbons (Fsp3) is 0.353. The molecule has 23 heavy (non-hydrogen) atoms. The monoisotopic (exact) mass is 315 g/mol. The van der Waals surface area contributed by atoms with Crippen LogP contribution in [0.2, 0.25) is 0 Å². The first-order valence-corrected chi connectivity index (χ1v) is 7.50. The van der Waals surface area contributed by atoms with Gasteiger partial charge in [-0.2, -0.15) is 5.10 Å². The minimum absolute atomic E-state index is 0.198. The highest BCUT2D eigenvalue weighted by atomic mass is 16.4. The highest BCUT2D eigenvalue weighted by Crippen LogP contribution is 2.13. The van der Waals surface area contributed by atoms with E-state index >= 15 is 0 Å². The molecule has 0 saturated carbocycles. The number of hydrogen-bond acceptors (Lipinski definition) is 3. The summed E-state index contributed by atoms with van der Waals surface area (Å²) < 4.78 is 1.78. The number of aromatic nitrogens is 2. The molecular formula is C17H21N3O3. The van der Waals surface area contributed by atoms with Crippen LogP contribution in [0.1, 0.15) is 29.9 Å². The van der Waals surface area contributed by atoms with Gasteiger partial charge in [0.1, 0.15) is 6.54 Å². The summed E-state index contributed by atoms with van der Waals surface area (Å²) in [7, 11) is 0. The van der Waals surface area contributed by atoms with Crippen LogP contribution in [0.15, 0.2) is 36.5 Å². The van der Waals surface area contributed by atoms with Crippen LogP contribution in [0.3, 0.4) is 0 Å². The molecule has 0 aliphatic heterocycles. The lowest BCUT2D eigenvalue weighted by atomic mass is 10.1. The molecule has 0 unspecified atom stereocenters. The first kappa shape index (κ1) is 16.7. The quantitative estimate of drug-likeness (QED) is 0.888. The number of carboxylic acid groups (broad SMARTS) is 1. The molecule has 1 N–H and O–H groups in total. The van der Waals surface area contributed by atoms with E-state index in [1.807, 2.05) is 39.0 Å². The van der Waals surface area contributed by atoms with Crippen molar-refractivity contribution in [2.75, 3.05) is 13.1 Å². The highest BCUT2D eigenvalue weighted by Gasteiger charge is 2.19. The Labute approximate surface area is 135 Å². The number of benzene rings is 1. The van der Waals surface area contributed by atoms with Crippen LogP contribution in [-0.2, 0) is 4.79 Å². The molecule has 1 heterocycles. The molecule has 1 aromatic heterocycles.